The van der Waals surface area contributed by atoms with E-state index in [0.29, 0.717) is 5.92 Å². The van der Waals surface area contributed by atoms with Crippen LogP contribution in [0.1, 0.15) is 87.3 Å². The summed E-state index contributed by atoms with van der Waals surface area (Å²) in [5.41, 5.74) is 8.68. The third-order valence-electron chi connectivity index (χ3n) is 7.97. The number of H-pyrrole nitrogens is 1. The number of aryl methyl sites for hydroxylation is 1. The molecule has 0 radical (unpaired) electrons. The summed E-state index contributed by atoms with van der Waals surface area (Å²) in [5, 5.41) is 5.78. The molecule has 32 heavy (non-hydrogen) atoms. The first-order valence-electron chi connectivity index (χ1n) is 12.5. The number of nitrogens with one attached hydrogen (secondary N) is 1. The number of rotatable bonds is 5. The van der Waals surface area contributed by atoms with Gasteiger partial charge in [0.25, 0.3) is 0 Å². The molecule has 2 fully saturated rings. The summed E-state index contributed by atoms with van der Waals surface area (Å²) in [4.78, 5) is 8.13. The number of hydrogen-bond donors (Lipinski definition) is 1. The van der Waals surface area contributed by atoms with Gasteiger partial charge in [-0.05, 0) is 97.6 Å². The Balaban J connectivity index is 1.36. The van der Waals surface area contributed by atoms with E-state index < -0.39 is 0 Å². The molecule has 6 rings (SSSR count). The second-order valence-corrected chi connectivity index (χ2v) is 10.7. The van der Waals surface area contributed by atoms with E-state index >= 15 is 0 Å². The first-order chi connectivity index (χ1) is 15.6. The second kappa shape index (κ2) is 7.75. The maximum absolute atomic E-state index is 4.39. The van der Waals surface area contributed by atoms with Gasteiger partial charge in [-0.25, -0.2) is 9.50 Å². The summed E-state index contributed by atoms with van der Waals surface area (Å²) in [6.07, 6.45) is 13.8. The summed E-state index contributed by atoms with van der Waals surface area (Å²) in [6.45, 7) is 6.73. The zero-order valence-corrected chi connectivity index (χ0v) is 19.6. The summed E-state index contributed by atoms with van der Waals surface area (Å²) >= 11 is 0. The van der Waals surface area contributed by atoms with Crippen LogP contribution in [-0.4, -0.2) is 19.6 Å². The van der Waals surface area contributed by atoms with Crippen LogP contribution in [0.5, 0.6) is 0 Å². The number of aromatic nitrogens is 4. The lowest BCUT2D eigenvalue weighted by atomic mass is 9.76. The van der Waals surface area contributed by atoms with Crippen LogP contribution in [0, 0.1) is 18.8 Å². The Morgan fingerprint density at radius 1 is 1.03 bits per heavy atom. The Kier molecular flexibility index (Phi) is 4.85. The van der Waals surface area contributed by atoms with Gasteiger partial charge in [-0.2, -0.15) is 5.10 Å². The first kappa shape index (κ1) is 20.0. The molecule has 0 unspecified atom stereocenters. The number of pyridine rings is 1. The summed E-state index contributed by atoms with van der Waals surface area (Å²) in [7, 11) is 0. The van der Waals surface area contributed by atoms with Crippen molar-refractivity contribution in [2.45, 2.75) is 77.6 Å². The molecule has 0 atom stereocenters. The minimum absolute atomic E-state index is 0.440. The standard InChI is InChI=1S/C28H34N4/c1-17(2)26-24-14-22(21-8-6-20(7-9-21)13-19-4-5-19)10-11-25(24)31-27(26)23-12-18(3)28-29-16-30-32(28)15-23/h10-12,14-17,19-21,31H,4-9,13H2,1-3H3. The summed E-state index contributed by atoms with van der Waals surface area (Å²) < 4.78 is 1.89. The number of aromatic amines is 1. The predicted octanol–water partition coefficient (Wildman–Crippen LogP) is 7.38. The van der Waals surface area contributed by atoms with Crippen LogP contribution in [0.2, 0.25) is 0 Å². The summed E-state index contributed by atoms with van der Waals surface area (Å²) in [6, 6.07) is 9.43. The molecule has 4 heteroatoms. The van der Waals surface area contributed by atoms with Gasteiger partial charge in [-0.1, -0.05) is 32.8 Å². The average Bonchev–Trinajstić information content (AvgIpc) is 3.32. The van der Waals surface area contributed by atoms with Crippen molar-refractivity contribution in [1.82, 2.24) is 19.6 Å². The van der Waals surface area contributed by atoms with Crippen molar-refractivity contribution in [2.24, 2.45) is 11.8 Å². The lowest BCUT2D eigenvalue weighted by Crippen LogP contribution is -2.13. The molecule has 1 N–H and O–H groups in total. The van der Waals surface area contributed by atoms with Crippen LogP contribution in [0.3, 0.4) is 0 Å². The van der Waals surface area contributed by atoms with Crippen LogP contribution in [0.25, 0.3) is 27.8 Å². The highest BCUT2D eigenvalue weighted by molar-refractivity contribution is 5.92. The zero-order valence-electron chi connectivity index (χ0n) is 19.6. The number of hydrogen-bond acceptors (Lipinski definition) is 2. The van der Waals surface area contributed by atoms with Gasteiger partial charge in [0.15, 0.2) is 5.65 Å². The Morgan fingerprint density at radius 2 is 1.78 bits per heavy atom. The highest BCUT2D eigenvalue weighted by Gasteiger charge is 2.29. The molecule has 4 aromatic rings. The number of nitrogens with zero attached hydrogens (tertiary/aromatic N) is 3. The van der Waals surface area contributed by atoms with E-state index in [2.05, 4.69) is 66.3 Å². The second-order valence-electron chi connectivity index (χ2n) is 10.7. The lowest BCUT2D eigenvalue weighted by molar-refractivity contribution is 0.299. The van der Waals surface area contributed by atoms with Crippen LogP contribution in [0.15, 0.2) is 36.8 Å². The summed E-state index contributed by atoms with van der Waals surface area (Å²) in [5.74, 6) is 3.22. The van der Waals surface area contributed by atoms with E-state index in [4.69, 9.17) is 0 Å². The van der Waals surface area contributed by atoms with Gasteiger partial charge in [0.2, 0.25) is 0 Å². The fourth-order valence-corrected chi connectivity index (χ4v) is 6.10. The fraction of sp³-hybridized carbons (Fsp3) is 0.500. The van der Waals surface area contributed by atoms with Crippen LogP contribution >= 0.6 is 0 Å². The van der Waals surface area contributed by atoms with E-state index in [9.17, 15) is 0 Å². The minimum atomic E-state index is 0.440. The molecule has 166 valence electrons. The molecular weight excluding hydrogens is 392 g/mol. The smallest absolute Gasteiger partial charge is 0.158 e. The molecule has 0 amide bonds. The highest BCUT2D eigenvalue weighted by Crippen LogP contribution is 2.44. The van der Waals surface area contributed by atoms with Gasteiger partial charge in [0, 0.05) is 22.7 Å². The van der Waals surface area contributed by atoms with Crippen LogP contribution in [-0.2, 0) is 0 Å². The van der Waals surface area contributed by atoms with Crippen LogP contribution < -0.4 is 0 Å². The van der Waals surface area contributed by atoms with Crippen molar-refractivity contribution < 1.29 is 0 Å². The topological polar surface area (TPSA) is 46.0 Å². The van der Waals surface area contributed by atoms with Gasteiger partial charge >= 0.3 is 0 Å². The molecular formula is C28H34N4. The van der Waals surface area contributed by atoms with Gasteiger partial charge < -0.3 is 4.98 Å². The quantitative estimate of drug-likeness (QED) is 0.362. The minimum Gasteiger partial charge on any atom is -0.354 e. The lowest BCUT2D eigenvalue weighted by Gasteiger charge is -2.29. The van der Waals surface area contributed by atoms with Gasteiger partial charge in [0.05, 0.1) is 5.69 Å². The molecule has 0 bridgehead atoms. The predicted molar refractivity (Wildman–Crippen MR) is 131 cm³/mol. The SMILES string of the molecule is Cc1cc(-c2[nH]c3ccc(C4CCC(CC5CC5)CC4)cc3c2C(C)C)cn2ncnc12. The fourth-order valence-electron chi connectivity index (χ4n) is 6.10. The van der Waals surface area contributed by atoms with Gasteiger partial charge in [0.1, 0.15) is 6.33 Å². The van der Waals surface area contributed by atoms with Gasteiger partial charge in [-0.3, -0.25) is 0 Å². The largest absolute Gasteiger partial charge is 0.354 e. The van der Waals surface area contributed by atoms with Crippen molar-refractivity contribution in [3.63, 3.8) is 0 Å². The van der Waals surface area contributed by atoms with Crippen molar-refractivity contribution >= 4 is 16.6 Å². The monoisotopic (exact) mass is 426 g/mol. The Hall–Kier alpha value is -2.62. The maximum atomic E-state index is 4.39. The maximum Gasteiger partial charge on any atom is 0.158 e. The van der Waals surface area contributed by atoms with E-state index in [1.165, 1.54) is 78.2 Å². The molecule has 1 aromatic carbocycles. The van der Waals surface area contributed by atoms with Crippen molar-refractivity contribution in [3.8, 4) is 11.3 Å². The molecule has 2 aliphatic rings. The molecule has 3 aromatic heterocycles. The Bertz CT molecular complexity index is 1270. The Morgan fingerprint density at radius 3 is 2.50 bits per heavy atom. The van der Waals surface area contributed by atoms with Crippen LogP contribution in [0.4, 0.5) is 0 Å². The van der Waals surface area contributed by atoms with E-state index in [-0.39, 0.29) is 0 Å². The molecule has 2 aliphatic carbocycles. The van der Waals surface area contributed by atoms with E-state index in [0.717, 1.165) is 29.0 Å². The third-order valence-corrected chi connectivity index (χ3v) is 7.97. The highest BCUT2D eigenvalue weighted by atomic mass is 15.3. The Labute approximate surface area is 190 Å². The number of fused-ring (bicyclic) bond motifs is 2. The van der Waals surface area contributed by atoms with E-state index in [1.807, 2.05) is 4.52 Å². The first-order valence-corrected chi connectivity index (χ1v) is 12.5. The van der Waals surface area contributed by atoms with Crippen molar-refractivity contribution in [1.29, 1.82) is 0 Å². The normalized spacial score (nSPS) is 21.8. The molecule has 0 saturated heterocycles. The zero-order chi connectivity index (χ0) is 21.8. The molecule has 3 heterocycles. The average molecular weight is 427 g/mol. The van der Waals surface area contributed by atoms with Crippen molar-refractivity contribution in [2.75, 3.05) is 0 Å². The molecule has 2 saturated carbocycles. The van der Waals surface area contributed by atoms with Crippen molar-refractivity contribution in [3.05, 3.63) is 53.5 Å². The molecule has 0 spiro atoms. The van der Waals surface area contributed by atoms with Gasteiger partial charge in [-0.15, -0.1) is 0 Å². The third kappa shape index (κ3) is 3.54. The van der Waals surface area contributed by atoms with E-state index in [1.54, 1.807) is 6.33 Å². The number of benzene rings is 1. The molecule has 0 aliphatic heterocycles. The molecule has 4 nitrogen and oxygen atoms in total.